The van der Waals surface area contributed by atoms with E-state index in [4.69, 9.17) is 0 Å². The minimum absolute atomic E-state index is 0.128. The molecule has 1 aliphatic rings. The van der Waals surface area contributed by atoms with Crippen molar-refractivity contribution < 1.29 is 9.53 Å². The highest BCUT2D eigenvalue weighted by Crippen LogP contribution is 2.22. The second kappa shape index (κ2) is 5.79. The number of ether oxygens (including phenoxy) is 1. The quantitative estimate of drug-likeness (QED) is 0.373. The van der Waals surface area contributed by atoms with Crippen molar-refractivity contribution in [2.24, 2.45) is 0 Å². The van der Waals surface area contributed by atoms with E-state index in [9.17, 15) is 4.79 Å². The summed E-state index contributed by atoms with van der Waals surface area (Å²) in [6, 6.07) is 0. The van der Waals surface area contributed by atoms with Crippen molar-refractivity contribution >= 4 is 5.97 Å². The van der Waals surface area contributed by atoms with Gasteiger partial charge >= 0.3 is 5.97 Å². The van der Waals surface area contributed by atoms with Crippen molar-refractivity contribution in [1.29, 1.82) is 0 Å². The molecule has 0 atom stereocenters. The number of carbonyl (C=O) groups is 1. The van der Waals surface area contributed by atoms with Gasteiger partial charge in [-0.15, -0.1) is 0 Å². The third kappa shape index (κ3) is 4.11. The maximum absolute atomic E-state index is 10.9. The Labute approximate surface area is 80.0 Å². The molecular weight excluding hydrogens is 164 g/mol. The number of methoxy groups -OCH3 is 1. The molecule has 1 saturated carbocycles. The van der Waals surface area contributed by atoms with Crippen molar-refractivity contribution in [3.63, 3.8) is 0 Å². The third-order valence-electron chi connectivity index (χ3n) is 2.53. The van der Waals surface area contributed by atoms with E-state index in [1.807, 2.05) is 0 Å². The normalized spacial score (nSPS) is 17.8. The number of carbonyl (C=O) groups excluding carboxylic acids is 1. The van der Waals surface area contributed by atoms with Crippen LogP contribution in [0, 0.1) is 0 Å². The molecule has 0 aromatic rings. The molecule has 0 aromatic heterocycles. The third-order valence-corrected chi connectivity index (χ3v) is 2.53. The van der Waals surface area contributed by atoms with E-state index < -0.39 is 0 Å². The van der Waals surface area contributed by atoms with Gasteiger partial charge in [-0.25, -0.2) is 0 Å². The Morgan fingerprint density at radius 3 is 2.46 bits per heavy atom. The van der Waals surface area contributed by atoms with Crippen molar-refractivity contribution in [2.75, 3.05) is 7.11 Å². The number of hydrogen-bond donors (Lipinski definition) is 0. The van der Waals surface area contributed by atoms with Gasteiger partial charge in [0.25, 0.3) is 0 Å². The molecule has 0 amide bonds. The predicted octanol–water partition coefficient (Wildman–Crippen LogP) is 2.83. The standard InChI is InChI=1S/C11H18O2/c1-13-11(12)9-8-10-6-4-2-3-5-7-10/h8H,2-7,9H2,1H3. The Kier molecular flexibility index (Phi) is 4.58. The highest BCUT2D eigenvalue weighted by molar-refractivity contribution is 5.71. The molecule has 13 heavy (non-hydrogen) atoms. The van der Waals surface area contributed by atoms with Gasteiger partial charge in [0, 0.05) is 0 Å². The monoisotopic (exact) mass is 182 g/mol. The van der Waals surface area contributed by atoms with Crippen LogP contribution in [0.25, 0.3) is 0 Å². The smallest absolute Gasteiger partial charge is 0.309 e. The largest absolute Gasteiger partial charge is 0.469 e. The first-order chi connectivity index (χ1) is 6.33. The van der Waals surface area contributed by atoms with Gasteiger partial charge in [0.15, 0.2) is 0 Å². The summed E-state index contributed by atoms with van der Waals surface area (Å²) in [5, 5.41) is 0. The summed E-state index contributed by atoms with van der Waals surface area (Å²) in [4.78, 5) is 10.9. The van der Waals surface area contributed by atoms with Crippen molar-refractivity contribution in [3.8, 4) is 0 Å². The molecule has 0 aliphatic heterocycles. The lowest BCUT2D eigenvalue weighted by atomic mass is 10.1. The van der Waals surface area contributed by atoms with Gasteiger partial charge in [0.05, 0.1) is 13.5 Å². The van der Waals surface area contributed by atoms with Gasteiger partial charge in [-0.2, -0.15) is 0 Å². The van der Waals surface area contributed by atoms with Gasteiger partial charge in [-0.05, 0) is 25.7 Å². The summed E-state index contributed by atoms with van der Waals surface area (Å²) < 4.78 is 4.59. The highest BCUT2D eigenvalue weighted by Gasteiger charge is 2.04. The van der Waals surface area contributed by atoms with E-state index in [0.29, 0.717) is 6.42 Å². The molecule has 2 heteroatoms. The fraction of sp³-hybridized carbons (Fsp3) is 0.727. The summed E-state index contributed by atoms with van der Waals surface area (Å²) >= 11 is 0. The number of esters is 1. The summed E-state index contributed by atoms with van der Waals surface area (Å²) in [5.74, 6) is -0.128. The molecule has 0 heterocycles. The van der Waals surface area contributed by atoms with Crippen LogP contribution in [0.5, 0.6) is 0 Å². The molecular formula is C11H18O2. The van der Waals surface area contributed by atoms with Crippen molar-refractivity contribution in [1.82, 2.24) is 0 Å². The molecule has 0 aromatic carbocycles. The first-order valence-corrected chi connectivity index (χ1v) is 5.07. The molecule has 0 unspecified atom stereocenters. The van der Waals surface area contributed by atoms with Gasteiger partial charge < -0.3 is 4.74 Å². The SMILES string of the molecule is COC(=O)CC=C1CCCCCC1. The number of allylic oxidation sites excluding steroid dienone is 1. The van der Waals surface area contributed by atoms with Crippen LogP contribution in [-0.4, -0.2) is 13.1 Å². The maximum Gasteiger partial charge on any atom is 0.309 e. The average molecular weight is 182 g/mol. The molecule has 0 bridgehead atoms. The molecule has 74 valence electrons. The van der Waals surface area contributed by atoms with E-state index in [0.717, 1.165) is 0 Å². The second-order valence-electron chi connectivity index (χ2n) is 3.56. The molecule has 1 aliphatic carbocycles. The molecule has 0 radical (unpaired) electrons. The van der Waals surface area contributed by atoms with Gasteiger partial charge in [-0.1, -0.05) is 24.5 Å². The number of hydrogen-bond acceptors (Lipinski definition) is 2. The van der Waals surface area contributed by atoms with Crippen LogP contribution < -0.4 is 0 Å². The van der Waals surface area contributed by atoms with Gasteiger partial charge in [-0.3, -0.25) is 4.79 Å². The first-order valence-electron chi connectivity index (χ1n) is 5.07. The molecule has 1 fully saturated rings. The Balaban J connectivity index is 2.34. The zero-order valence-corrected chi connectivity index (χ0v) is 8.34. The predicted molar refractivity (Wildman–Crippen MR) is 52.4 cm³/mol. The average Bonchev–Trinajstić information content (AvgIpc) is 2.42. The Hall–Kier alpha value is -0.790. The van der Waals surface area contributed by atoms with Gasteiger partial charge in [0.2, 0.25) is 0 Å². The fourth-order valence-corrected chi connectivity index (χ4v) is 1.70. The van der Waals surface area contributed by atoms with Crippen LogP contribution in [-0.2, 0) is 9.53 Å². The van der Waals surface area contributed by atoms with Crippen molar-refractivity contribution in [2.45, 2.75) is 44.9 Å². The minimum atomic E-state index is -0.128. The lowest BCUT2D eigenvalue weighted by Crippen LogP contribution is -1.97. The van der Waals surface area contributed by atoms with Crippen LogP contribution >= 0.6 is 0 Å². The lowest BCUT2D eigenvalue weighted by Gasteiger charge is -2.01. The molecule has 2 nitrogen and oxygen atoms in total. The topological polar surface area (TPSA) is 26.3 Å². The fourth-order valence-electron chi connectivity index (χ4n) is 1.70. The van der Waals surface area contributed by atoms with Crippen LogP contribution in [0.4, 0.5) is 0 Å². The highest BCUT2D eigenvalue weighted by atomic mass is 16.5. The Bertz CT molecular complexity index is 184. The van der Waals surface area contributed by atoms with Crippen LogP contribution in [0.1, 0.15) is 44.9 Å². The molecule has 0 saturated heterocycles. The molecule has 0 N–H and O–H groups in total. The van der Waals surface area contributed by atoms with E-state index >= 15 is 0 Å². The summed E-state index contributed by atoms with van der Waals surface area (Å²) in [6.45, 7) is 0. The zero-order valence-electron chi connectivity index (χ0n) is 8.34. The maximum atomic E-state index is 10.9. The lowest BCUT2D eigenvalue weighted by molar-refractivity contribution is -0.139. The van der Waals surface area contributed by atoms with Crippen LogP contribution in [0.3, 0.4) is 0 Å². The number of rotatable bonds is 2. The summed E-state index contributed by atoms with van der Waals surface area (Å²) in [5.41, 5.74) is 1.45. The molecule has 0 spiro atoms. The van der Waals surface area contributed by atoms with Crippen molar-refractivity contribution in [3.05, 3.63) is 11.6 Å². The summed E-state index contributed by atoms with van der Waals surface area (Å²) in [6.07, 6.45) is 10.1. The minimum Gasteiger partial charge on any atom is -0.469 e. The van der Waals surface area contributed by atoms with Crippen LogP contribution in [0.2, 0.25) is 0 Å². The first kappa shape index (κ1) is 10.3. The van der Waals surface area contributed by atoms with Crippen LogP contribution in [0.15, 0.2) is 11.6 Å². The zero-order chi connectivity index (χ0) is 9.52. The second-order valence-corrected chi connectivity index (χ2v) is 3.56. The van der Waals surface area contributed by atoms with E-state index in [-0.39, 0.29) is 5.97 Å². The van der Waals surface area contributed by atoms with E-state index in [1.54, 1.807) is 0 Å². The Morgan fingerprint density at radius 1 is 1.31 bits per heavy atom. The van der Waals surface area contributed by atoms with E-state index in [2.05, 4.69) is 10.8 Å². The molecule has 1 rings (SSSR count). The van der Waals surface area contributed by atoms with Gasteiger partial charge in [0.1, 0.15) is 0 Å². The van der Waals surface area contributed by atoms with E-state index in [1.165, 1.54) is 51.2 Å². The summed E-state index contributed by atoms with van der Waals surface area (Å²) in [7, 11) is 1.44. The Morgan fingerprint density at radius 2 is 1.92 bits per heavy atom.